The third kappa shape index (κ3) is 6.57. The largest absolute Gasteiger partial charge is 0.354 e. The third-order valence-corrected chi connectivity index (χ3v) is 4.99. The predicted molar refractivity (Wildman–Crippen MR) is 109 cm³/mol. The third-order valence-electron chi connectivity index (χ3n) is 4.52. The molecule has 142 valence electrons. The van der Waals surface area contributed by atoms with Crippen LogP contribution in [0.1, 0.15) is 6.42 Å². The van der Waals surface area contributed by atoms with Gasteiger partial charge < -0.3 is 15.1 Å². The predicted octanol–water partition coefficient (Wildman–Crippen LogP) is 1.63. The number of rotatable bonds is 4. The Balaban J connectivity index is 0.00000156. The van der Waals surface area contributed by atoms with Gasteiger partial charge in [-0.05, 0) is 28.1 Å². The van der Waals surface area contributed by atoms with Crippen molar-refractivity contribution < 1.29 is 4.79 Å². The van der Waals surface area contributed by atoms with Crippen molar-refractivity contribution >= 4 is 52.5 Å². The van der Waals surface area contributed by atoms with Crippen LogP contribution in [0.4, 0.5) is 5.82 Å². The first-order valence-corrected chi connectivity index (χ1v) is 9.09. The second-order valence-electron chi connectivity index (χ2n) is 6.04. The van der Waals surface area contributed by atoms with E-state index in [1.165, 1.54) is 0 Å². The van der Waals surface area contributed by atoms with Crippen LogP contribution in [-0.2, 0) is 4.79 Å². The van der Waals surface area contributed by atoms with Crippen molar-refractivity contribution in [3.05, 3.63) is 22.8 Å². The molecule has 3 heterocycles. The Morgan fingerprint density at radius 3 is 2.36 bits per heavy atom. The SMILES string of the molecule is Cl.Cl.O=C(CCN1CCN(c2ccc(Br)cn2)CC1)N1CCNCC1. The van der Waals surface area contributed by atoms with E-state index in [2.05, 4.69) is 36.0 Å². The number of nitrogens with one attached hydrogen (secondary N) is 1. The molecule has 0 radical (unpaired) electrons. The number of aromatic nitrogens is 1. The highest BCUT2D eigenvalue weighted by Crippen LogP contribution is 2.16. The molecule has 2 fully saturated rings. The van der Waals surface area contributed by atoms with Gasteiger partial charge in [0.05, 0.1) is 0 Å². The number of piperazine rings is 2. The lowest BCUT2D eigenvalue weighted by Crippen LogP contribution is -2.49. The number of nitrogens with zero attached hydrogens (tertiary/aromatic N) is 4. The van der Waals surface area contributed by atoms with Crippen LogP contribution in [0.2, 0.25) is 0 Å². The summed E-state index contributed by atoms with van der Waals surface area (Å²) in [5.74, 6) is 1.33. The molecule has 0 atom stereocenters. The Labute approximate surface area is 170 Å². The fourth-order valence-corrected chi connectivity index (χ4v) is 3.32. The average Bonchev–Trinajstić information content (AvgIpc) is 2.61. The van der Waals surface area contributed by atoms with Gasteiger partial charge in [-0.15, -0.1) is 24.8 Å². The zero-order chi connectivity index (χ0) is 16.1. The van der Waals surface area contributed by atoms with Gasteiger partial charge in [0.1, 0.15) is 5.82 Å². The molecule has 0 aromatic carbocycles. The molecule has 9 heteroatoms. The Morgan fingerprint density at radius 1 is 1.08 bits per heavy atom. The molecule has 0 bridgehead atoms. The second kappa shape index (κ2) is 11.2. The summed E-state index contributed by atoms with van der Waals surface area (Å²) in [6, 6.07) is 4.08. The molecule has 1 aromatic rings. The van der Waals surface area contributed by atoms with Crippen molar-refractivity contribution in [1.82, 2.24) is 20.1 Å². The van der Waals surface area contributed by atoms with E-state index in [1.807, 2.05) is 23.2 Å². The number of carbonyl (C=O) groups is 1. The summed E-state index contributed by atoms with van der Waals surface area (Å²) >= 11 is 3.42. The van der Waals surface area contributed by atoms with Crippen LogP contribution in [0.15, 0.2) is 22.8 Å². The fourth-order valence-electron chi connectivity index (χ4n) is 3.08. The summed E-state index contributed by atoms with van der Waals surface area (Å²) in [5.41, 5.74) is 0. The van der Waals surface area contributed by atoms with Crippen LogP contribution in [-0.4, -0.2) is 79.6 Å². The molecule has 2 saturated heterocycles. The van der Waals surface area contributed by atoms with Gasteiger partial charge in [0.15, 0.2) is 0 Å². The van der Waals surface area contributed by atoms with Crippen LogP contribution >= 0.6 is 40.7 Å². The maximum atomic E-state index is 12.2. The molecule has 0 spiro atoms. The number of carbonyl (C=O) groups excluding carboxylic acids is 1. The topological polar surface area (TPSA) is 51.7 Å². The molecule has 2 aliphatic rings. The van der Waals surface area contributed by atoms with Crippen LogP contribution in [0.3, 0.4) is 0 Å². The molecular weight excluding hydrogens is 429 g/mol. The molecular formula is C16H26BrCl2N5O. The Morgan fingerprint density at radius 2 is 1.76 bits per heavy atom. The number of hydrogen-bond acceptors (Lipinski definition) is 5. The highest BCUT2D eigenvalue weighted by Gasteiger charge is 2.20. The number of anilines is 1. The summed E-state index contributed by atoms with van der Waals surface area (Å²) < 4.78 is 1.01. The maximum absolute atomic E-state index is 12.2. The first-order chi connectivity index (χ1) is 11.2. The maximum Gasteiger partial charge on any atom is 0.223 e. The molecule has 0 aliphatic carbocycles. The van der Waals surface area contributed by atoms with Crippen molar-refractivity contribution in [2.45, 2.75) is 6.42 Å². The summed E-state index contributed by atoms with van der Waals surface area (Å²) in [5, 5.41) is 3.28. The summed E-state index contributed by atoms with van der Waals surface area (Å²) in [6.07, 6.45) is 2.48. The first-order valence-electron chi connectivity index (χ1n) is 8.30. The number of pyridine rings is 1. The molecule has 2 aliphatic heterocycles. The van der Waals surface area contributed by atoms with E-state index in [-0.39, 0.29) is 24.8 Å². The average molecular weight is 455 g/mol. The van der Waals surface area contributed by atoms with Gasteiger partial charge in [-0.25, -0.2) is 4.98 Å². The molecule has 3 rings (SSSR count). The quantitative estimate of drug-likeness (QED) is 0.749. The molecule has 1 amide bonds. The van der Waals surface area contributed by atoms with E-state index >= 15 is 0 Å². The van der Waals surface area contributed by atoms with Crippen molar-refractivity contribution in [2.24, 2.45) is 0 Å². The van der Waals surface area contributed by atoms with Crippen LogP contribution in [0.25, 0.3) is 0 Å². The van der Waals surface area contributed by atoms with Crippen molar-refractivity contribution in [3.8, 4) is 0 Å². The van der Waals surface area contributed by atoms with E-state index in [9.17, 15) is 4.79 Å². The Bertz CT molecular complexity index is 520. The van der Waals surface area contributed by atoms with E-state index in [0.717, 1.165) is 69.2 Å². The monoisotopic (exact) mass is 453 g/mol. The highest BCUT2D eigenvalue weighted by atomic mass is 79.9. The van der Waals surface area contributed by atoms with Gasteiger partial charge in [0.2, 0.25) is 5.91 Å². The minimum absolute atomic E-state index is 0. The van der Waals surface area contributed by atoms with Crippen molar-refractivity contribution in [3.63, 3.8) is 0 Å². The van der Waals surface area contributed by atoms with Gasteiger partial charge in [-0.3, -0.25) is 9.69 Å². The number of amides is 1. The van der Waals surface area contributed by atoms with Crippen LogP contribution in [0.5, 0.6) is 0 Å². The zero-order valence-electron chi connectivity index (χ0n) is 14.2. The molecule has 25 heavy (non-hydrogen) atoms. The van der Waals surface area contributed by atoms with E-state index in [0.29, 0.717) is 12.3 Å². The standard InChI is InChI=1S/C16H24BrN5O.2ClH/c17-14-1-2-15(19-13-14)21-11-9-20(10-12-21)6-3-16(23)22-7-4-18-5-8-22;;/h1-2,13,18H,3-12H2;2*1H. The van der Waals surface area contributed by atoms with Crippen molar-refractivity contribution in [2.75, 3.05) is 63.8 Å². The molecule has 6 nitrogen and oxygen atoms in total. The highest BCUT2D eigenvalue weighted by molar-refractivity contribution is 9.10. The fraction of sp³-hybridized carbons (Fsp3) is 0.625. The summed E-state index contributed by atoms with van der Waals surface area (Å²) in [7, 11) is 0. The lowest BCUT2D eigenvalue weighted by Gasteiger charge is -2.35. The number of hydrogen-bond donors (Lipinski definition) is 1. The lowest BCUT2D eigenvalue weighted by atomic mass is 10.2. The zero-order valence-corrected chi connectivity index (χ0v) is 17.4. The Hall–Kier alpha value is -0.600. The normalized spacial score (nSPS) is 18.3. The van der Waals surface area contributed by atoms with Gasteiger partial charge in [0.25, 0.3) is 0 Å². The lowest BCUT2D eigenvalue weighted by molar-refractivity contribution is -0.132. The van der Waals surface area contributed by atoms with Gasteiger partial charge in [-0.2, -0.15) is 0 Å². The van der Waals surface area contributed by atoms with Crippen molar-refractivity contribution in [1.29, 1.82) is 0 Å². The second-order valence-corrected chi connectivity index (χ2v) is 6.96. The first kappa shape index (κ1) is 22.4. The summed E-state index contributed by atoms with van der Waals surface area (Å²) in [4.78, 5) is 23.3. The number of halogens is 3. The molecule has 0 unspecified atom stereocenters. The van der Waals surface area contributed by atoms with E-state index in [4.69, 9.17) is 0 Å². The van der Waals surface area contributed by atoms with E-state index < -0.39 is 0 Å². The smallest absolute Gasteiger partial charge is 0.223 e. The van der Waals surface area contributed by atoms with Crippen LogP contribution in [0, 0.1) is 0 Å². The van der Waals surface area contributed by atoms with Crippen LogP contribution < -0.4 is 10.2 Å². The summed E-state index contributed by atoms with van der Waals surface area (Å²) in [6.45, 7) is 8.33. The Kier molecular flexibility index (Phi) is 10.0. The minimum Gasteiger partial charge on any atom is -0.354 e. The molecule has 1 N–H and O–H groups in total. The van der Waals surface area contributed by atoms with E-state index in [1.54, 1.807) is 0 Å². The van der Waals surface area contributed by atoms with Gasteiger partial charge in [0, 0.05) is 76.0 Å². The van der Waals surface area contributed by atoms with Gasteiger partial charge >= 0.3 is 0 Å². The molecule has 1 aromatic heterocycles. The van der Waals surface area contributed by atoms with Gasteiger partial charge in [-0.1, -0.05) is 0 Å². The minimum atomic E-state index is 0. The molecule has 0 saturated carbocycles.